The first-order chi connectivity index (χ1) is 18.2. The molecule has 1 aliphatic rings. The largest absolute Gasteiger partial charge is 0.483 e. The molecule has 2 amide bonds. The molecule has 0 aromatic heterocycles. The summed E-state index contributed by atoms with van der Waals surface area (Å²) in [6.07, 6.45) is 2.37. The summed E-state index contributed by atoms with van der Waals surface area (Å²) in [6.45, 7) is 0.320. The third-order valence-corrected chi connectivity index (χ3v) is 7.57. The van der Waals surface area contributed by atoms with Crippen LogP contribution in [0.25, 0.3) is 6.08 Å². The number of amidine groups is 1. The van der Waals surface area contributed by atoms with E-state index in [2.05, 4.69) is 31.6 Å². The number of primary sulfonamides is 1. The fourth-order valence-corrected chi connectivity index (χ4v) is 5.13. The van der Waals surface area contributed by atoms with Crippen molar-refractivity contribution in [2.45, 2.75) is 11.3 Å². The van der Waals surface area contributed by atoms with E-state index in [0.29, 0.717) is 40.0 Å². The molecule has 0 bridgehead atoms. The highest BCUT2D eigenvalue weighted by molar-refractivity contribution is 9.10. The van der Waals surface area contributed by atoms with Gasteiger partial charge in [0, 0.05) is 16.6 Å². The second kappa shape index (κ2) is 12.4. The first-order valence-electron chi connectivity index (χ1n) is 11.3. The number of amides is 2. The molecule has 12 heteroatoms. The molecule has 0 unspecified atom stereocenters. The Labute approximate surface area is 232 Å². The van der Waals surface area contributed by atoms with Gasteiger partial charge in [0.25, 0.3) is 11.8 Å². The van der Waals surface area contributed by atoms with E-state index in [9.17, 15) is 18.0 Å². The monoisotopic (exact) mass is 614 g/mol. The number of carbonyl (C=O) groups is 2. The first-order valence-corrected chi connectivity index (χ1v) is 14.5. The maximum absolute atomic E-state index is 12.6. The van der Waals surface area contributed by atoms with Crippen molar-refractivity contribution in [1.82, 2.24) is 10.6 Å². The van der Waals surface area contributed by atoms with Gasteiger partial charge in [-0.1, -0.05) is 46.3 Å². The number of ether oxygens (including phenoxy) is 1. The molecule has 3 aromatic rings. The van der Waals surface area contributed by atoms with E-state index in [4.69, 9.17) is 9.88 Å². The number of halogens is 1. The summed E-state index contributed by atoms with van der Waals surface area (Å²) in [4.78, 5) is 29.6. The molecule has 0 saturated carbocycles. The van der Waals surface area contributed by atoms with Crippen LogP contribution in [0.1, 0.15) is 11.1 Å². The van der Waals surface area contributed by atoms with Crippen LogP contribution in [0.4, 0.5) is 5.69 Å². The Morgan fingerprint density at radius 2 is 1.84 bits per heavy atom. The van der Waals surface area contributed by atoms with Crippen molar-refractivity contribution in [1.29, 1.82) is 0 Å². The van der Waals surface area contributed by atoms with E-state index in [0.717, 1.165) is 21.8 Å². The fraction of sp³-hybridized carbons (Fsp3) is 0.115. The number of hydrogen-bond acceptors (Lipinski definition) is 7. The van der Waals surface area contributed by atoms with Crippen LogP contribution in [0.15, 0.2) is 92.1 Å². The zero-order chi connectivity index (χ0) is 27.1. The second-order valence-corrected chi connectivity index (χ2v) is 11.6. The Morgan fingerprint density at radius 1 is 1.11 bits per heavy atom. The number of benzene rings is 3. The molecule has 0 spiro atoms. The smallest absolute Gasteiger partial charge is 0.264 e. The van der Waals surface area contributed by atoms with Crippen molar-refractivity contribution in [3.63, 3.8) is 0 Å². The summed E-state index contributed by atoms with van der Waals surface area (Å²) in [6, 6.07) is 20.8. The van der Waals surface area contributed by atoms with E-state index < -0.39 is 10.0 Å². The maximum Gasteiger partial charge on any atom is 0.264 e. The Morgan fingerprint density at radius 3 is 2.55 bits per heavy atom. The lowest BCUT2D eigenvalue weighted by atomic mass is 10.1. The van der Waals surface area contributed by atoms with E-state index in [1.165, 1.54) is 24.3 Å². The first kappa shape index (κ1) is 27.6. The molecule has 9 nitrogen and oxygen atoms in total. The van der Waals surface area contributed by atoms with Crippen LogP contribution >= 0.6 is 27.7 Å². The maximum atomic E-state index is 12.6. The highest BCUT2D eigenvalue weighted by atomic mass is 79.9. The van der Waals surface area contributed by atoms with Gasteiger partial charge >= 0.3 is 0 Å². The fourth-order valence-electron chi connectivity index (χ4n) is 3.40. The lowest BCUT2D eigenvalue weighted by Crippen LogP contribution is -2.30. The number of nitrogens with zero attached hydrogens (tertiary/aromatic N) is 1. The van der Waals surface area contributed by atoms with Gasteiger partial charge in [-0.05, 0) is 72.3 Å². The van der Waals surface area contributed by atoms with Gasteiger partial charge in [-0.15, -0.1) is 0 Å². The average molecular weight is 616 g/mol. The molecule has 1 fully saturated rings. The lowest BCUT2D eigenvalue weighted by molar-refractivity contribution is -0.123. The van der Waals surface area contributed by atoms with Crippen LogP contribution in [-0.4, -0.2) is 38.6 Å². The van der Waals surface area contributed by atoms with Gasteiger partial charge in [0.1, 0.15) is 5.75 Å². The molecule has 38 heavy (non-hydrogen) atoms. The van der Waals surface area contributed by atoms with Crippen LogP contribution in [0.5, 0.6) is 5.75 Å². The molecular weight excluding hydrogens is 592 g/mol. The minimum absolute atomic E-state index is 0.0304. The summed E-state index contributed by atoms with van der Waals surface area (Å²) in [5.41, 5.74) is 2.19. The number of hydrogen-bond donors (Lipinski definition) is 3. The van der Waals surface area contributed by atoms with Crippen LogP contribution in [0.3, 0.4) is 0 Å². The SMILES string of the molecule is NS(=O)(=O)c1ccc(N=C2NC(=O)/C(=C\c3cc(Br)ccc3OCC(=O)NCCc3ccccc3)S2)cc1. The van der Waals surface area contributed by atoms with Gasteiger partial charge in [0.05, 0.1) is 15.5 Å². The van der Waals surface area contributed by atoms with Gasteiger partial charge in [-0.25, -0.2) is 18.5 Å². The van der Waals surface area contributed by atoms with Crippen molar-refractivity contribution in [2.24, 2.45) is 10.1 Å². The minimum atomic E-state index is -3.81. The van der Waals surface area contributed by atoms with E-state index in [-0.39, 0.29) is 23.3 Å². The molecular formula is C26H23BrN4O5S2. The summed E-state index contributed by atoms with van der Waals surface area (Å²) in [5.74, 6) is -0.158. The number of aliphatic imine (C=N–C) groups is 1. The summed E-state index contributed by atoms with van der Waals surface area (Å²) in [7, 11) is -3.81. The van der Waals surface area contributed by atoms with Crippen molar-refractivity contribution in [3.8, 4) is 5.75 Å². The number of thioether (sulfide) groups is 1. The predicted molar refractivity (Wildman–Crippen MR) is 151 cm³/mol. The molecule has 1 saturated heterocycles. The zero-order valence-electron chi connectivity index (χ0n) is 19.9. The summed E-state index contributed by atoms with van der Waals surface area (Å²) in [5, 5.41) is 11.0. The van der Waals surface area contributed by atoms with E-state index >= 15 is 0 Å². The average Bonchev–Trinajstić information content (AvgIpc) is 3.22. The van der Waals surface area contributed by atoms with Crippen LogP contribution < -0.4 is 20.5 Å². The number of rotatable bonds is 9. The molecule has 1 aliphatic heterocycles. The van der Waals surface area contributed by atoms with Crippen LogP contribution in [0, 0.1) is 0 Å². The van der Waals surface area contributed by atoms with Gasteiger partial charge in [-0.2, -0.15) is 0 Å². The summed E-state index contributed by atoms with van der Waals surface area (Å²) < 4.78 is 29.4. The predicted octanol–water partition coefficient (Wildman–Crippen LogP) is 3.73. The number of carbonyl (C=O) groups excluding carboxylic acids is 2. The van der Waals surface area contributed by atoms with Crippen molar-refractivity contribution < 1.29 is 22.7 Å². The molecule has 0 aliphatic carbocycles. The number of nitrogens with one attached hydrogen (secondary N) is 2. The molecule has 4 rings (SSSR count). The molecule has 1 heterocycles. The summed E-state index contributed by atoms with van der Waals surface area (Å²) >= 11 is 4.55. The lowest BCUT2D eigenvalue weighted by Gasteiger charge is -2.11. The van der Waals surface area contributed by atoms with E-state index in [1.54, 1.807) is 24.3 Å². The standard InChI is InChI=1S/C26H23BrN4O5S2/c27-19-6-11-22(36-16-24(32)29-13-12-17-4-2-1-3-5-17)18(14-19)15-23-25(33)31-26(37-23)30-20-7-9-21(10-8-20)38(28,34)35/h1-11,14-15H,12-13,16H2,(H,29,32)(H2,28,34,35)(H,30,31,33)/b23-15+. The second-order valence-electron chi connectivity index (χ2n) is 8.08. The topological polar surface area (TPSA) is 140 Å². The van der Waals surface area contributed by atoms with E-state index in [1.807, 2.05) is 30.3 Å². The Kier molecular flexibility index (Phi) is 9.00. The Bertz CT molecular complexity index is 1510. The quantitative estimate of drug-likeness (QED) is 0.314. The van der Waals surface area contributed by atoms with Gasteiger partial charge in [-0.3, -0.25) is 9.59 Å². The molecule has 196 valence electrons. The third kappa shape index (κ3) is 7.78. The third-order valence-electron chi connectivity index (χ3n) is 5.24. The molecule has 0 radical (unpaired) electrons. The van der Waals surface area contributed by atoms with Crippen LogP contribution in [-0.2, 0) is 26.0 Å². The van der Waals surface area contributed by atoms with Gasteiger partial charge in [0.15, 0.2) is 11.8 Å². The van der Waals surface area contributed by atoms with Gasteiger partial charge in [0.2, 0.25) is 10.0 Å². The highest BCUT2D eigenvalue weighted by Crippen LogP contribution is 2.32. The van der Waals surface area contributed by atoms with Crippen molar-refractivity contribution >= 4 is 66.5 Å². The van der Waals surface area contributed by atoms with Gasteiger partial charge < -0.3 is 15.4 Å². The molecule has 0 atom stereocenters. The van der Waals surface area contributed by atoms with Crippen molar-refractivity contribution in [3.05, 3.63) is 93.3 Å². The number of sulfonamides is 1. The number of nitrogens with two attached hydrogens (primary N) is 1. The highest BCUT2D eigenvalue weighted by Gasteiger charge is 2.24. The zero-order valence-corrected chi connectivity index (χ0v) is 23.1. The van der Waals surface area contributed by atoms with Crippen molar-refractivity contribution in [2.75, 3.05) is 13.2 Å². The van der Waals surface area contributed by atoms with Crippen LogP contribution in [0.2, 0.25) is 0 Å². The minimum Gasteiger partial charge on any atom is -0.483 e. The Balaban J connectivity index is 1.40. The Hall–Kier alpha value is -3.45. The normalized spacial score (nSPS) is 15.5. The molecule has 3 aromatic carbocycles. The molecule has 4 N–H and O–H groups in total.